The van der Waals surface area contributed by atoms with Gasteiger partial charge in [-0.15, -0.1) is 0 Å². The van der Waals surface area contributed by atoms with Crippen molar-refractivity contribution in [3.63, 3.8) is 0 Å². The van der Waals surface area contributed by atoms with Gasteiger partial charge in [0.1, 0.15) is 17.7 Å². The average molecular weight is 312 g/mol. The van der Waals surface area contributed by atoms with E-state index in [1.54, 1.807) is 29.1 Å². The summed E-state index contributed by atoms with van der Waals surface area (Å²) in [5.41, 5.74) is 1.34. The molecule has 2 N–H and O–H groups in total. The van der Waals surface area contributed by atoms with Crippen LogP contribution in [-0.4, -0.2) is 19.8 Å². The van der Waals surface area contributed by atoms with Crippen LogP contribution in [0.25, 0.3) is 0 Å². The van der Waals surface area contributed by atoms with Crippen molar-refractivity contribution in [2.45, 2.75) is 18.8 Å². The van der Waals surface area contributed by atoms with Crippen molar-refractivity contribution < 1.29 is 14.6 Å². The average Bonchev–Trinajstić information content (AvgIpc) is 3.03. The lowest BCUT2D eigenvalue weighted by atomic mass is 10.1. The molecule has 2 unspecified atom stereocenters. The Labute approximate surface area is 133 Å². The monoisotopic (exact) mass is 312 g/mol. The van der Waals surface area contributed by atoms with Crippen LogP contribution < -0.4 is 0 Å². The molecule has 5 heteroatoms. The first-order valence-electron chi connectivity index (χ1n) is 7.32. The van der Waals surface area contributed by atoms with Crippen LogP contribution in [0.2, 0.25) is 0 Å². The van der Waals surface area contributed by atoms with Gasteiger partial charge in [-0.2, -0.15) is 0 Å². The van der Waals surface area contributed by atoms with Crippen molar-refractivity contribution in [2.75, 3.05) is 0 Å². The summed E-state index contributed by atoms with van der Waals surface area (Å²) in [5, 5.41) is 20.8. The molecule has 1 aromatic heterocycles. The van der Waals surface area contributed by atoms with E-state index in [1.807, 2.05) is 30.3 Å². The van der Waals surface area contributed by atoms with Crippen molar-refractivity contribution >= 4 is 0 Å². The highest BCUT2D eigenvalue weighted by atomic mass is 19.1. The van der Waals surface area contributed by atoms with E-state index < -0.39 is 12.2 Å². The maximum atomic E-state index is 13.0. The summed E-state index contributed by atoms with van der Waals surface area (Å²) in [5.74, 6) is 0.112. The minimum absolute atomic E-state index is 0.227. The third kappa shape index (κ3) is 3.47. The van der Waals surface area contributed by atoms with Gasteiger partial charge in [-0.1, -0.05) is 42.5 Å². The molecule has 0 saturated heterocycles. The van der Waals surface area contributed by atoms with Crippen molar-refractivity contribution in [2.24, 2.45) is 0 Å². The highest BCUT2D eigenvalue weighted by Gasteiger charge is 2.18. The van der Waals surface area contributed by atoms with Crippen LogP contribution >= 0.6 is 0 Å². The Kier molecular flexibility index (Phi) is 4.50. The van der Waals surface area contributed by atoms with Crippen LogP contribution in [0.3, 0.4) is 0 Å². The molecule has 118 valence electrons. The van der Waals surface area contributed by atoms with Gasteiger partial charge in [0, 0.05) is 12.4 Å². The van der Waals surface area contributed by atoms with Crippen molar-refractivity contribution in [3.05, 3.63) is 89.8 Å². The van der Waals surface area contributed by atoms with Crippen LogP contribution in [-0.2, 0) is 6.54 Å². The Hall–Kier alpha value is -2.50. The molecule has 3 rings (SSSR count). The number of benzene rings is 2. The van der Waals surface area contributed by atoms with E-state index in [0.29, 0.717) is 11.4 Å². The summed E-state index contributed by atoms with van der Waals surface area (Å²) >= 11 is 0. The van der Waals surface area contributed by atoms with Gasteiger partial charge in [0.25, 0.3) is 0 Å². The largest absolute Gasteiger partial charge is 0.387 e. The molecule has 0 aliphatic rings. The SMILES string of the molecule is OC(Cn1ccnc1C(O)c1ccccc1)c1ccc(F)cc1. The van der Waals surface area contributed by atoms with E-state index in [2.05, 4.69) is 4.98 Å². The minimum atomic E-state index is -0.869. The summed E-state index contributed by atoms with van der Waals surface area (Å²) in [6.07, 6.45) is 1.60. The van der Waals surface area contributed by atoms with Crippen molar-refractivity contribution in [1.29, 1.82) is 0 Å². The van der Waals surface area contributed by atoms with E-state index in [0.717, 1.165) is 5.56 Å². The standard InChI is InChI=1S/C18H17FN2O2/c19-15-8-6-13(7-9-15)16(22)12-21-11-10-20-18(21)17(23)14-4-2-1-3-5-14/h1-11,16-17,22-23H,12H2. The zero-order valence-electron chi connectivity index (χ0n) is 12.4. The predicted molar refractivity (Wildman–Crippen MR) is 84.1 cm³/mol. The normalized spacial score (nSPS) is 13.7. The van der Waals surface area contributed by atoms with Crippen molar-refractivity contribution in [3.8, 4) is 0 Å². The van der Waals surface area contributed by atoms with Gasteiger partial charge in [-0.25, -0.2) is 9.37 Å². The Morgan fingerprint density at radius 2 is 1.65 bits per heavy atom. The number of halogens is 1. The molecule has 0 amide bonds. The summed E-state index contributed by atoms with van der Waals surface area (Å²) < 4.78 is 14.7. The fraction of sp³-hybridized carbons (Fsp3) is 0.167. The van der Waals surface area contributed by atoms with E-state index >= 15 is 0 Å². The van der Waals surface area contributed by atoms with Gasteiger partial charge >= 0.3 is 0 Å². The second kappa shape index (κ2) is 6.73. The van der Waals surface area contributed by atoms with Gasteiger partial charge in [-0.05, 0) is 23.3 Å². The number of nitrogens with zero attached hydrogens (tertiary/aromatic N) is 2. The van der Waals surface area contributed by atoms with Gasteiger partial charge in [0.2, 0.25) is 0 Å². The number of aliphatic hydroxyl groups excluding tert-OH is 2. The summed E-state index contributed by atoms with van der Waals surface area (Å²) in [7, 11) is 0. The second-order valence-electron chi connectivity index (χ2n) is 5.32. The lowest BCUT2D eigenvalue weighted by Gasteiger charge is -2.17. The third-order valence-electron chi connectivity index (χ3n) is 3.73. The molecule has 3 aromatic rings. The lowest BCUT2D eigenvalue weighted by molar-refractivity contribution is 0.147. The number of rotatable bonds is 5. The topological polar surface area (TPSA) is 58.3 Å². The van der Waals surface area contributed by atoms with Gasteiger partial charge in [0.15, 0.2) is 0 Å². The molecule has 0 spiro atoms. The van der Waals surface area contributed by atoms with Crippen LogP contribution in [0.1, 0.15) is 29.2 Å². The third-order valence-corrected chi connectivity index (χ3v) is 3.73. The Bertz CT molecular complexity index is 756. The quantitative estimate of drug-likeness (QED) is 0.761. The first-order valence-corrected chi connectivity index (χ1v) is 7.32. The minimum Gasteiger partial charge on any atom is -0.387 e. The first kappa shape index (κ1) is 15.4. The molecule has 0 fully saturated rings. The molecule has 0 bridgehead atoms. The molecule has 1 heterocycles. The molecule has 0 radical (unpaired) electrons. The molecule has 0 saturated carbocycles. The molecule has 0 aliphatic carbocycles. The highest BCUT2D eigenvalue weighted by molar-refractivity contribution is 5.23. The Balaban J connectivity index is 1.79. The maximum Gasteiger partial charge on any atom is 0.142 e. The van der Waals surface area contributed by atoms with Crippen LogP contribution in [0, 0.1) is 5.82 Å². The maximum absolute atomic E-state index is 13.0. The number of hydrogen-bond acceptors (Lipinski definition) is 3. The molecule has 0 aliphatic heterocycles. The Morgan fingerprint density at radius 1 is 0.957 bits per heavy atom. The first-order chi connectivity index (χ1) is 11.1. The van der Waals surface area contributed by atoms with Crippen LogP contribution in [0.15, 0.2) is 67.0 Å². The molecule has 4 nitrogen and oxygen atoms in total. The van der Waals surface area contributed by atoms with E-state index in [4.69, 9.17) is 0 Å². The van der Waals surface area contributed by atoms with Gasteiger partial charge < -0.3 is 14.8 Å². The second-order valence-corrected chi connectivity index (χ2v) is 5.32. The Morgan fingerprint density at radius 3 is 2.35 bits per heavy atom. The summed E-state index contributed by atoms with van der Waals surface area (Å²) in [6.45, 7) is 0.227. The zero-order chi connectivity index (χ0) is 16.2. The smallest absolute Gasteiger partial charge is 0.142 e. The van der Waals surface area contributed by atoms with Crippen molar-refractivity contribution in [1.82, 2.24) is 9.55 Å². The number of aromatic nitrogens is 2. The number of aliphatic hydroxyl groups is 2. The summed E-state index contributed by atoms with van der Waals surface area (Å²) in [4.78, 5) is 4.20. The number of imidazole rings is 1. The fourth-order valence-corrected chi connectivity index (χ4v) is 2.48. The zero-order valence-corrected chi connectivity index (χ0v) is 12.4. The van der Waals surface area contributed by atoms with E-state index in [9.17, 15) is 14.6 Å². The van der Waals surface area contributed by atoms with E-state index in [1.165, 1.54) is 12.1 Å². The highest BCUT2D eigenvalue weighted by Crippen LogP contribution is 2.23. The molecular weight excluding hydrogens is 295 g/mol. The molecule has 2 atom stereocenters. The predicted octanol–water partition coefficient (Wildman–Crippen LogP) is 2.84. The van der Waals surface area contributed by atoms with Gasteiger partial charge in [0.05, 0.1) is 12.6 Å². The van der Waals surface area contributed by atoms with Crippen LogP contribution in [0.4, 0.5) is 4.39 Å². The molecule has 23 heavy (non-hydrogen) atoms. The molecule has 2 aromatic carbocycles. The lowest BCUT2D eigenvalue weighted by Crippen LogP contribution is -2.14. The van der Waals surface area contributed by atoms with Crippen LogP contribution in [0.5, 0.6) is 0 Å². The summed E-state index contributed by atoms with van der Waals surface area (Å²) in [6, 6.07) is 14.9. The molecular formula is C18H17FN2O2. The van der Waals surface area contributed by atoms with Gasteiger partial charge in [-0.3, -0.25) is 0 Å². The fourth-order valence-electron chi connectivity index (χ4n) is 2.48. The van der Waals surface area contributed by atoms with E-state index in [-0.39, 0.29) is 12.4 Å². The number of hydrogen-bond donors (Lipinski definition) is 2.